The number of ether oxygens (including phenoxy) is 1. The topological polar surface area (TPSA) is 83.2 Å². The molecule has 8 heteroatoms. The third-order valence-electron chi connectivity index (χ3n) is 5.05. The molecule has 0 aliphatic rings. The van der Waals surface area contributed by atoms with E-state index in [2.05, 4.69) is 11.9 Å². The number of esters is 1. The molecule has 0 aliphatic heterocycles. The lowest BCUT2D eigenvalue weighted by atomic mass is 10.1. The summed E-state index contributed by atoms with van der Waals surface area (Å²) in [6.07, 6.45) is 4.61. The van der Waals surface area contributed by atoms with Gasteiger partial charge in [-0.1, -0.05) is 25.5 Å². The molecule has 3 rings (SSSR count). The summed E-state index contributed by atoms with van der Waals surface area (Å²) in [5, 5.41) is 0.476. The van der Waals surface area contributed by atoms with Crippen LogP contribution in [-0.4, -0.2) is 27.2 Å². The molecule has 30 heavy (non-hydrogen) atoms. The molecule has 0 radical (unpaired) electrons. The Morgan fingerprint density at radius 3 is 2.47 bits per heavy atom. The Morgan fingerprint density at radius 2 is 1.83 bits per heavy atom. The molecule has 0 bridgehead atoms. The largest absolute Gasteiger partial charge is 0.465 e. The van der Waals surface area contributed by atoms with Gasteiger partial charge in [-0.25, -0.2) is 14.6 Å². The van der Waals surface area contributed by atoms with Crippen molar-refractivity contribution in [2.75, 3.05) is 7.11 Å². The zero-order valence-corrected chi connectivity index (χ0v) is 18.4. The van der Waals surface area contributed by atoms with Crippen LogP contribution in [0.25, 0.3) is 11.0 Å². The molecular weight excluding hydrogens is 402 g/mol. The quantitative estimate of drug-likeness (QED) is 0.426. The molecule has 0 N–H and O–H groups in total. The van der Waals surface area contributed by atoms with Crippen LogP contribution < -0.4 is 11.2 Å². The number of benzene rings is 1. The second-order valence-corrected chi connectivity index (χ2v) is 8.08. The Labute approximate surface area is 178 Å². The Bertz CT molecular complexity index is 1200. The van der Waals surface area contributed by atoms with E-state index in [0.717, 1.165) is 39.9 Å². The monoisotopic (exact) mass is 427 g/mol. The standard InChI is InChI=1S/C22H25N3O4S/c1-5-6-7-16-12-23-19-17(20(26)25(3)22(28)24(19)2)18(16)30-13-14-8-10-15(11-9-14)21(27)29-4/h8-12H,5-7,13H2,1-4H3. The molecule has 1 aromatic carbocycles. The van der Waals surface area contributed by atoms with Crippen molar-refractivity contribution in [3.8, 4) is 0 Å². The maximum Gasteiger partial charge on any atom is 0.337 e. The molecule has 7 nitrogen and oxygen atoms in total. The highest BCUT2D eigenvalue weighted by molar-refractivity contribution is 7.98. The number of rotatable bonds is 7. The van der Waals surface area contributed by atoms with Gasteiger partial charge in [0.05, 0.1) is 18.1 Å². The molecule has 0 spiro atoms. The predicted molar refractivity (Wildman–Crippen MR) is 118 cm³/mol. The van der Waals surface area contributed by atoms with Crippen LogP contribution in [0.2, 0.25) is 0 Å². The summed E-state index contributed by atoms with van der Waals surface area (Å²) in [5.74, 6) is 0.242. The van der Waals surface area contributed by atoms with Gasteiger partial charge in [-0.3, -0.25) is 13.9 Å². The lowest BCUT2D eigenvalue weighted by Gasteiger charge is -2.14. The number of carbonyl (C=O) groups is 1. The number of unbranched alkanes of at least 4 members (excludes halogenated alkanes) is 1. The van der Waals surface area contributed by atoms with E-state index in [4.69, 9.17) is 4.74 Å². The van der Waals surface area contributed by atoms with Gasteiger partial charge in [0.15, 0.2) is 0 Å². The van der Waals surface area contributed by atoms with Gasteiger partial charge in [0.25, 0.3) is 5.56 Å². The second-order valence-electron chi connectivity index (χ2n) is 7.10. The van der Waals surface area contributed by atoms with Gasteiger partial charge in [0, 0.05) is 30.9 Å². The summed E-state index contributed by atoms with van der Waals surface area (Å²) in [5.41, 5.74) is 2.19. The Kier molecular flexibility index (Phi) is 6.77. The Balaban J connectivity index is 2.05. The average molecular weight is 428 g/mol. The molecule has 2 heterocycles. The molecule has 0 amide bonds. The summed E-state index contributed by atoms with van der Waals surface area (Å²) in [4.78, 5) is 42.2. The maximum absolute atomic E-state index is 13.0. The Hall–Kier alpha value is -2.87. The fourth-order valence-corrected chi connectivity index (χ4v) is 4.43. The number of carbonyl (C=O) groups excluding carboxylic acids is 1. The number of hydrogen-bond acceptors (Lipinski definition) is 6. The van der Waals surface area contributed by atoms with Crippen molar-refractivity contribution < 1.29 is 9.53 Å². The number of methoxy groups -OCH3 is 1. The van der Waals surface area contributed by atoms with Crippen LogP contribution in [0, 0.1) is 0 Å². The highest BCUT2D eigenvalue weighted by atomic mass is 32.2. The van der Waals surface area contributed by atoms with Crippen LogP contribution in [0.15, 0.2) is 44.9 Å². The number of pyridine rings is 1. The van der Waals surface area contributed by atoms with Crippen LogP contribution in [-0.2, 0) is 31.0 Å². The van der Waals surface area contributed by atoms with Crippen molar-refractivity contribution in [3.63, 3.8) is 0 Å². The SMILES string of the molecule is CCCCc1cnc2c(c1SCc1ccc(C(=O)OC)cc1)c(=O)n(C)c(=O)n2C. The van der Waals surface area contributed by atoms with E-state index < -0.39 is 5.69 Å². The van der Waals surface area contributed by atoms with Crippen molar-refractivity contribution in [1.29, 1.82) is 0 Å². The van der Waals surface area contributed by atoms with E-state index in [1.54, 1.807) is 37.1 Å². The van der Waals surface area contributed by atoms with Crippen LogP contribution in [0.5, 0.6) is 0 Å². The average Bonchev–Trinajstić information content (AvgIpc) is 2.78. The minimum atomic E-state index is -0.393. The molecule has 0 saturated heterocycles. The number of hydrogen-bond donors (Lipinski definition) is 0. The highest BCUT2D eigenvalue weighted by Crippen LogP contribution is 2.31. The fraction of sp³-hybridized carbons (Fsp3) is 0.364. The molecule has 3 aromatic rings. The van der Waals surface area contributed by atoms with Gasteiger partial charge >= 0.3 is 11.7 Å². The van der Waals surface area contributed by atoms with E-state index in [0.29, 0.717) is 22.3 Å². The van der Waals surface area contributed by atoms with Crippen LogP contribution in [0.4, 0.5) is 0 Å². The zero-order valence-electron chi connectivity index (χ0n) is 17.6. The molecule has 158 valence electrons. The fourth-order valence-electron chi connectivity index (χ4n) is 3.26. The minimum absolute atomic E-state index is 0.331. The smallest absolute Gasteiger partial charge is 0.337 e. The van der Waals surface area contributed by atoms with E-state index in [-0.39, 0.29) is 11.5 Å². The molecule has 0 unspecified atom stereocenters. The van der Waals surface area contributed by atoms with E-state index in [1.165, 1.54) is 18.7 Å². The van der Waals surface area contributed by atoms with Crippen molar-refractivity contribution in [3.05, 3.63) is 68.0 Å². The zero-order chi connectivity index (χ0) is 21.8. The third kappa shape index (κ3) is 4.18. The van der Waals surface area contributed by atoms with E-state index in [1.807, 2.05) is 12.1 Å². The predicted octanol–water partition coefficient (Wildman–Crippen LogP) is 3.05. The summed E-state index contributed by atoms with van der Waals surface area (Å²) in [7, 11) is 4.47. The summed E-state index contributed by atoms with van der Waals surface area (Å²) in [6.45, 7) is 2.12. The molecule has 0 aliphatic carbocycles. The van der Waals surface area contributed by atoms with E-state index >= 15 is 0 Å². The summed E-state index contributed by atoms with van der Waals surface area (Å²) >= 11 is 1.55. The van der Waals surface area contributed by atoms with Crippen LogP contribution >= 0.6 is 11.8 Å². The number of aryl methyl sites for hydroxylation is 2. The molecular formula is C22H25N3O4S. The van der Waals surface area contributed by atoms with E-state index in [9.17, 15) is 14.4 Å². The first-order chi connectivity index (χ1) is 14.4. The molecule has 0 saturated carbocycles. The minimum Gasteiger partial charge on any atom is -0.465 e. The van der Waals surface area contributed by atoms with Crippen molar-refractivity contribution >= 4 is 28.8 Å². The number of thioether (sulfide) groups is 1. The lowest BCUT2D eigenvalue weighted by molar-refractivity contribution is 0.0600. The van der Waals surface area contributed by atoms with Crippen molar-refractivity contribution in [2.45, 2.75) is 36.8 Å². The highest BCUT2D eigenvalue weighted by Gasteiger charge is 2.17. The first-order valence-electron chi connectivity index (χ1n) is 9.76. The summed E-state index contributed by atoms with van der Waals surface area (Å²) in [6, 6.07) is 7.21. The number of aromatic nitrogens is 3. The van der Waals surface area contributed by atoms with Crippen LogP contribution in [0.1, 0.15) is 41.3 Å². The third-order valence-corrected chi connectivity index (χ3v) is 6.29. The normalized spacial score (nSPS) is 11.1. The van der Waals surface area contributed by atoms with Crippen molar-refractivity contribution in [1.82, 2.24) is 14.1 Å². The number of nitrogens with zero attached hydrogens (tertiary/aromatic N) is 3. The Morgan fingerprint density at radius 1 is 1.13 bits per heavy atom. The van der Waals surface area contributed by atoms with Gasteiger partial charge in [-0.05, 0) is 36.1 Å². The van der Waals surface area contributed by atoms with Gasteiger partial charge in [-0.2, -0.15) is 0 Å². The molecule has 0 fully saturated rings. The van der Waals surface area contributed by atoms with Gasteiger partial charge in [0.1, 0.15) is 5.65 Å². The maximum atomic E-state index is 13.0. The first-order valence-corrected chi connectivity index (χ1v) is 10.7. The van der Waals surface area contributed by atoms with Gasteiger partial charge in [0.2, 0.25) is 0 Å². The first kappa shape index (κ1) is 21.8. The molecule has 2 aromatic heterocycles. The van der Waals surface area contributed by atoms with Crippen LogP contribution in [0.3, 0.4) is 0 Å². The van der Waals surface area contributed by atoms with Gasteiger partial charge < -0.3 is 4.74 Å². The molecule has 0 atom stereocenters. The number of fused-ring (bicyclic) bond motifs is 1. The second kappa shape index (κ2) is 9.30. The lowest BCUT2D eigenvalue weighted by Crippen LogP contribution is -2.37. The van der Waals surface area contributed by atoms with Crippen molar-refractivity contribution in [2.24, 2.45) is 14.1 Å². The summed E-state index contributed by atoms with van der Waals surface area (Å²) < 4.78 is 7.28. The van der Waals surface area contributed by atoms with Gasteiger partial charge in [-0.15, -0.1) is 11.8 Å².